The quantitative estimate of drug-likeness (QED) is 0.643. The van der Waals surface area contributed by atoms with Crippen LogP contribution in [0.5, 0.6) is 0 Å². The predicted octanol–water partition coefficient (Wildman–Crippen LogP) is 2.98. The molecule has 0 spiro atoms. The first-order chi connectivity index (χ1) is 7.69. The number of nitrogens with zero attached hydrogens (tertiary/aromatic N) is 1. The lowest BCUT2D eigenvalue weighted by atomic mass is 9.69. The minimum atomic E-state index is 0.424. The van der Waals surface area contributed by atoms with Crippen LogP contribution in [-0.4, -0.2) is 24.0 Å². The van der Waals surface area contributed by atoms with Gasteiger partial charge in [-0.3, -0.25) is 0 Å². The number of hydrogen-bond donors (Lipinski definition) is 0. The van der Waals surface area contributed by atoms with E-state index in [1.54, 1.807) is 11.1 Å². The molecule has 1 saturated heterocycles. The molecular formula is C15H21N. The molecule has 3 aliphatic rings. The first kappa shape index (κ1) is 10.3. The Morgan fingerprint density at radius 2 is 2.06 bits per heavy atom. The summed E-state index contributed by atoms with van der Waals surface area (Å²) in [5, 5.41) is 0. The minimum Gasteiger partial charge on any atom is -0.300 e. The van der Waals surface area contributed by atoms with Gasteiger partial charge in [-0.2, -0.15) is 0 Å². The van der Waals surface area contributed by atoms with Crippen LogP contribution in [0.3, 0.4) is 0 Å². The van der Waals surface area contributed by atoms with E-state index in [2.05, 4.69) is 43.0 Å². The van der Waals surface area contributed by atoms with E-state index in [0.29, 0.717) is 5.41 Å². The summed E-state index contributed by atoms with van der Waals surface area (Å²) in [5.41, 5.74) is 3.63. The summed E-state index contributed by atoms with van der Waals surface area (Å²) in [7, 11) is 0. The van der Waals surface area contributed by atoms with E-state index in [1.807, 2.05) is 0 Å². The Labute approximate surface area is 98.5 Å². The van der Waals surface area contributed by atoms with E-state index in [1.165, 1.54) is 32.4 Å². The molecule has 1 aromatic rings. The molecular weight excluding hydrogens is 194 g/mol. The van der Waals surface area contributed by atoms with Gasteiger partial charge in [0.1, 0.15) is 0 Å². The van der Waals surface area contributed by atoms with Gasteiger partial charge in [-0.25, -0.2) is 0 Å². The number of benzene rings is 1. The Bertz CT molecular complexity index is 398. The summed E-state index contributed by atoms with van der Waals surface area (Å²) in [4.78, 5) is 2.66. The number of hydrogen-bond acceptors (Lipinski definition) is 1. The van der Waals surface area contributed by atoms with Crippen LogP contribution in [0.15, 0.2) is 24.3 Å². The molecule has 2 bridgehead atoms. The molecule has 1 aromatic carbocycles. The predicted molar refractivity (Wildman–Crippen MR) is 67.8 cm³/mol. The van der Waals surface area contributed by atoms with Gasteiger partial charge in [-0.1, -0.05) is 31.2 Å². The molecule has 0 amide bonds. The van der Waals surface area contributed by atoms with Crippen LogP contribution >= 0.6 is 0 Å². The molecule has 3 heterocycles. The molecule has 0 aliphatic carbocycles. The molecule has 3 aliphatic heterocycles. The van der Waals surface area contributed by atoms with Crippen molar-refractivity contribution >= 4 is 0 Å². The lowest BCUT2D eigenvalue weighted by molar-refractivity contribution is 0.104. The molecule has 0 aromatic heterocycles. The van der Waals surface area contributed by atoms with Gasteiger partial charge in [0.25, 0.3) is 0 Å². The second-order valence-corrected chi connectivity index (χ2v) is 5.81. The zero-order valence-electron chi connectivity index (χ0n) is 10.4. The summed E-state index contributed by atoms with van der Waals surface area (Å²) in [6, 6.07) is 9.85. The Balaban J connectivity index is 2.10. The highest BCUT2D eigenvalue weighted by Gasteiger charge is 2.38. The molecule has 4 rings (SSSR count). The van der Waals surface area contributed by atoms with Crippen LogP contribution < -0.4 is 0 Å². The van der Waals surface area contributed by atoms with Crippen molar-refractivity contribution in [3.05, 3.63) is 35.4 Å². The van der Waals surface area contributed by atoms with Crippen molar-refractivity contribution in [1.29, 1.82) is 0 Å². The number of rotatable bonds is 0. The Kier molecular flexibility index (Phi) is 2.32. The van der Waals surface area contributed by atoms with Crippen molar-refractivity contribution in [1.82, 2.24) is 4.90 Å². The van der Waals surface area contributed by atoms with Crippen molar-refractivity contribution in [2.24, 2.45) is 0 Å². The van der Waals surface area contributed by atoms with Gasteiger partial charge in [0.05, 0.1) is 0 Å². The van der Waals surface area contributed by atoms with E-state index in [9.17, 15) is 0 Å². The van der Waals surface area contributed by atoms with E-state index in [4.69, 9.17) is 0 Å². The summed E-state index contributed by atoms with van der Waals surface area (Å²) in [6.45, 7) is 7.39. The minimum absolute atomic E-state index is 0.424. The maximum Gasteiger partial charge on any atom is 0.00754 e. The van der Waals surface area contributed by atoms with Gasteiger partial charge >= 0.3 is 0 Å². The molecule has 3 atom stereocenters. The molecule has 16 heavy (non-hydrogen) atoms. The molecule has 0 N–H and O–H groups in total. The highest BCUT2D eigenvalue weighted by molar-refractivity contribution is 5.36. The first-order valence-corrected chi connectivity index (χ1v) is 6.51. The molecule has 86 valence electrons. The van der Waals surface area contributed by atoms with Crippen molar-refractivity contribution < 1.29 is 0 Å². The fraction of sp³-hybridized carbons (Fsp3) is 0.600. The Morgan fingerprint density at radius 1 is 1.25 bits per heavy atom. The Hall–Kier alpha value is -0.820. The lowest BCUT2D eigenvalue weighted by Gasteiger charge is -2.47. The van der Waals surface area contributed by atoms with Crippen molar-refractivity contribution in [2.45, 2.75) is 44.6 Å². The van der Waals surface area contributed by atoms with Crippen LogP contribution in [-0.2, 0) is 11.8 Å². The lowest BCUT2D eigenvalue weighted by Crippen LogP contribution is -2.49. The van der Waals surface area contributed by atoms with Crippen LogP contribution in [0.25, 0.3) is 0 Å². The zero-order chi connectivity index (χ0) is 11.2. The van der Waals surface area contributed by atoms with Gasteiger partial charge in [-0.05, 0) is 49.3 Å². The van der Waals surface area contributed by atoms with Gasteiger partial charge in [0, 0.05) is 12.6 Å². The second kappa shape index (κ2) is 3.59. The summed E-state index contributed by atoms with van der Waals surface area (Å²) in [5.74, 6) is 0. The third-order valence-corrected chi connectivity index (χ3v) is 4.66. The Morgan fingerprint density at radius 3 is 2.88 bits per heavy atom. The maximum absolute atomic E-state index is 2.66. The summed E-state index contributed by atoms with van der Waals surface area (Å²) >= 11 is 0. The van der Waals surface area contributed by atoms with Gasteiger partial charge < -0.3 is 4.90 Å². The van der Waals surface area contributed by atoms with Crippen LogP contribution in [0, 0.1) is 0 Å². The molecule has 1 heteroatoms. The smallest absolute Gasteiger partial charge is 0.00754 e. The summed E-state index contributed by atoms with van der Waals surface area (Å²) in [6.07, 6.45) is 3.88. The van der Waals surface area contributed by atoms with E-state index in [-0.39, 0.29) is 0 Å². The SMILES string of the molecule is C[C@H]1CC2(C)CCN1CCc1ccccc12. The first-order valence-electron chi connectivity index (χ1n) is 6.51. The monoisotopic (exact) mass is 215 g/mol. The third-order valence-electron chi connectivity index (χ3n) is 4.66. The number of piperidine rings is 1. The molecule has 1 nitrogen and oxygen atoms in total. The second-order valence-electron chi connectivity index (χ2n) is 5.81. The average molecular weight is 215 g/mol. The standard InChI is InChI=1S/C15H21N/c1-12-11-15(2)8-10-16(12)9-7-13-5-3-4-6-14(13)15/h3-6,12H,7-11H2,1-2H3/t12-,15?/m0/s1. The van der Waals surface area contributed by atoms with Crippen molar-refractivity contribution in [3.8, 4) is 0 Å². The van der Waals surface area contributed by atoms with Crippen molar-refractivity contribution in [3.63, 3.8) is 0 Å². The van der Waals surface area contributed by atoms with Crippen LogP contribution in [0.4, 0.5) is 0 Å². The van der Waals surface area contributed by atoms with E-state index < -0.39 is 0 Å². The van der Waals surface area contributed by atoms with Crippen LogP contribution in [0.2, 0.25) is 0 Å². The van der Waals surface area contributed by atoms with Gasteiger partial charge in [0.15, 0.2) is 0 Å². The topological polar surface area (TPSA) is 3.24 Å². The summed E-state index contributed by atoms with van der Waals surface area (Å²) < 4.78 is 0. The largest absolute Gasteiger partial charge is 0.300 e. The normalized spacial score (nSPS) is 37.6. The van der Waals surface area contributed by atoms with Crippen LogP contribution in [0.1, 0.15) is 37.8 Å². The maximum atomic E-state index is 2.66. The number of fused-ring (bicyclic) bond motifs is 3. The molecule has 0 saturated carbocycles. The van der Waals surface area contributed by atoms with Gasteiger partial charge in [-0.15, -0.1) is 0 Å². The average Bonchev–Trinajstić information content (AvgIpc) is 2.26. The third kappa shape index (κ3) is 1.49. The zero-order valence-corrected chi connectivity index (χ0v) is 10.4. The molecule has 1 fully saturated rings. The van der Waals surface area contributed by atoms with Gasteiger partial charge in [0.2, 0.25) is 0 Å². The fourth-order valence-corrected chi connectivity index (χ4v) is 3.66. The van der Waals surface area contributed by atoms with E-state index in [0.717, 1.165) is 6.04 Å². The highest BCUT2D eigenvalue weighted by Crippen LogP contribution is 2.41. The molecule has 2 unspecified atom stereocenters. The highest BCUT2D eigenvalue weighted by atomic mass is 15.2. The van der Waals surface area contributed by atoms with Crippen molar-refractivity contribution in [2.75, 3.05) is 13.1 Å². The van der Waals surface area contributed by atoms with E-state index >= 15 is 0 Å². The fourth-order valence-electron chi connectivity index (χ4n) is 3.66. The molecule has 0 radical (unpaired) electrons.